The fourth-order valence-corrected chi connectivity index (χ4v) is 8.81. The van der Waals surface area contributed by atoms with Gasteiger partial charge in [0.25, 0.3) is 0 Å². The van der Waals surface area contributed by atoms with E-state index < -0.39 is 0 Å². The summed E-state index contributed by atoms with van der Waals surface area (Å²) in [6.45, 7) is 0. The Hall–Kier alpha value is -5.76. The second-order valence-electron chi connectivity index (χ2n) is 12.5. The molecule has 10 rings (SSSR count). The molecule has 0 bridgehead atoms. The molecule has 0 fully saturated rings. The van der Waals surface area contributed by atoms with Crippen LogP contribution in [0.4, 0.5) is 0 Å². The van der Waals surface area contributed by atoms with Crippen LogP contribution < -0.4 is 0 Å². The zero-order valence-electron chi connectivity index (χ0n) is 25.6. The third kappa shape index (κ3) is 4.14. The molecule has 218 valence electrons. The fourth-order valence-electron chi connectivity index (χ4n) is 7.58. The van der Waals surface area contributed by atoms with Crippen LogP contribution in [0.2, 0.25) is 0 Å². The highest BCUT2D eigenvalue weighted by atomic mass is 32.1. The zero-order valence-corrected chi connectivity index (χ0v) is 26.4. The zero-order chi connectivity index (χ0) is 30.9. The van der Waals surface area contributed by atoms with Gasteiger partial charge in [0.1, 0.15) is 0 Å². The third-order valence-electron chi connectivity index (χ3n) is 9.86. The van der Waals surface area contributed by atoms with Gasteiger partial charge in [-0.2, -0.15) is 0 Å². The van der Waals surface area contributed by atoms with Crippen LogP contribution in [0, 0.1) is 0 Å². The third-order valence-corrected chi connectivity index (χ3v) is 11.1. The number of hydrogen-bond acceptors (Lipinski definition) is 1. The first-order valence-electron chi connectivity index (χ1n) is 16.2. The molecule has 47 heavy (non-hydrogen) atoms. The highest BCUT2D eigenvalue weighted by Crippen LogP contribution is 2.45. The van der Waals surface area contributed by atoms with E-state index in [2.05, 4.69) is 170 Å². The van der Waals surface area contributed by atoms with Gasteiger partial charge in [0, 0.05) is 25.7 Å². The van der Waals surface area contributed by atoms with Crippen molar-refractivity contribution in [3.8, 4) is 33.4 Å². The molecule has 0 amide bonds. The van der Waals surface area contributed by atoms with Gasteiger partial charge in [-0.3, -0.25) is 0 Å². The Morgan fingerprint density at radius 3 is 1.60 bits per heavy atom. The van der Waals surface area contributed by atoms with Crippen molar-refractivity contribution >= 4 is 74.6 Å². The van der Waals surface area contributed by atoms with Crippen molar-refractivity contribution in [2.45, 2.75) is 0 Å². The van der Waals surface area contributed by atoms with Crippen LogP contribution >= 0.6 is 11.3 Å². The van der Waals surface area contributed by atoms with Crippen LogP contribution in [0.5, 0.6) is 0 Å². The second kappa shape index (κ2) is 10.4. The maximum Gasteiger partial charge on any atom is 0.0434 e. The van der Waals surface area contributed by atoms with E-state index in [-0.39, 0.29) is 0 Å². The van der Waals surface area contributed by atoms with Crippen LogP contribution in [-0.2, 0) is 0 Å². The predicted octanol–water partition coefficient (Wildman–Crippen LogP) is 13.7. The Morgan fingerprint density at radius 2 is 0.830 bits per heavy atom. The first kappa shape index (κ1) is 26.5. The van der Waals surface area contributed by atoms with E-state index in [1.807, 2.05) is 11.3 Å². The van der Waals surface area contributed by atoms with Crippen LogP contribution in [-0.4, -0.2) is 0 Å². The van der Waals surface area contributed by atoms with Crippen molar-refractivity contribution in [3.05, 3.63) is 170 Å². The van der Waals surface area contributed by atoms with Crippen LogP contribution in [0.15, 0.2) is 170 Å². The number of hydrogen-bond donors (Lipinski definition) is 0. The van der Waals surface area contributed by atoms with Crippen LogP contribution in [0.1, 0.15) is 0 Å². The summed E-state index contributed by atoms with van der Waals surface area (Å²) in [6, 6.07) is 62.7. The molecule has 0 saturated heterocycles. The summed E-state index contributed by atoms with van der Waals surface area (Å²) in [5.41, 5.74) is 7.57. The lowest BCUT2D eigenvalue weighted by Gasteiger charge is -2.16. The molecule has 9 aromatic carbocycles. The highest BCUT2D eigenvalue weighted by Gasteiger charge is 2.17. The highest BCUT2D eigenvalue weighted by molar-refractivity contribution is 7.26. The average molecular weight is 613 g/mol. The Bertz CT molecular complexity index is 2830. The maximum atomic E-state index is 2.45. The van der Waals surface area contributed by atoms with Gasteiger partial charge >= 0.3 is 0 Å². The molecule has 0 saturated carbocycles. The molecular weight excluding hydrogens is 585 g/mol. The lowest BCUT2D eigenvalue weighted by Crippen LogP contribution is -1.89. The first-order valence-corrected chi connectivity index (χ1v) is 17.0. The van der Waals surface area contributed by atoms with Crippen LogP contribution in [0.25, 0.3) is 96.6 Å². The molecule has 0 N–H and O–H groups in total. The van der Waals surface area contributed by atoms with E-state index in [4.69, 9.17) is 0 Å². The smallest absolute Gasteiger partial charge is 0.0434 e. The molecule has 0 aliphatic carbocycles. The number of thiophene rings is 1. The van der Waals surface area contributed by atoms with Crippen molar-refractivity contribution < 1.29 is 0 Å². The standard InChI is InChI=1S/C46H28S/c1-2-11-32-26-33(25-22-29(32)10-1)30-20-23-31(24-21-30)41-27-43-37-15-6-5-14-36(37)42(28-44(43)35-13-4-3-12-34(35)41)40-18-9-17-39-38-16-7-8-19-45(38)47-46(39)40/h1-28H. The quantitative estimate of drug-likeness (QED) is 0.174. The minimum absolute atomic E-state index is 1.23. The predicted molar refractivity (Wildman–Crippen MR) is 206 cm³/mol. The molecule has 0 aliphatic rings. The molecule has 1 heterocycles. The minimum atomic E-state index is 1.23. The van der Waals surface area contributed by atoms with Crippen LogP contribution in [0.3, 0.4) is 0 Å². The fraction of sp³-hybridized carbons (Fsp3) is 0. The van der Waals surface area contributed by atoms with Gasteiger partial charge in [0.2, 0.25) is 0 Å². The van der Waals surface area contributed by atoms with E-state index in [0.717, 1.165) is 0 Å². The summed E-state index contributed by atoms with van der Waals surface area (Å²) < 4.78 is 2.69. The number of rotatable bonds is 3. The van der Waals surface area contributed by atoms with Gasteiger partial charge in [-0.15, -0.1) is 11.3 Å². The number of benzene rings is 9. The molecule has 0 unspecified atom stereocenters. The Balaban J connectivity index is 1.19. The van der Waals surface area contributed by atoms with Gasteiger partial charge in [0.05, 0.1) is 0 Å². The van der Waals surface area contributed by atoms with E-state index in [9.17, 15) is 0 Å². The van der Waals surface area contributed by atoms with Gasteiger partial charge in [0.15, 0.2) is 0 Å². The summed E-state index contributed by atoms with van der Waals surface area (Å²) in [5, 5.41) is 12.9. The Kier molecular flexibility index (Phi) is 5.85. The van der Waals surface area contributed by atoms with E-state index in [1.54, 1.807) is 0 Å². The lowest BCUT2D eigenvalue weighted by atomic mass is 9.87. The average Bonchev–Trinajstić information content (AvgIpc) is 3.53. The molecule has 10 aromatic rings. The second-order valence-corrected chi connectivity index (χ2v) is 13.5. The largest absolute Gasteiger partial charge is 0.135 e. The molecule has 0 aliphatic heterocycles. The summed E-state index contributed by atoms with van der Waals surface area (Å²) in [4.78, 5) is 0. The van der Waals surface area contributed by atoms with Gasteiger partial charge in [-0.25, -0.2) is 0 Å². The van der Waals surface area contributed by atoms with E-state index in [0.29, 0.717) is 0 Å². The summed E-state index contributed by atoms with van der Waals surface area (Å²) in [5.74, 6) is 0. The van der Waals surface area contributed by atoms with E-state index in [1.165, 1.54) is 96.6 Å². The Labute approximate surface area is 276 Å². The molecule has 1 aromatic heterocycles. The number of fused-ring (bicyclic) bond motifs is 9. The lowest BCUT2D eigenvalue weighted by molar-refractivity contribution is 1.63. The molecular formula is C46H28S. The van der Waals surface area contributed by atoms with Gasteiger partial charge < -0.3 is 0 Å². The summed E-state index contributed by atoms with van der Waals surface area (Å²) in [6.07, 6.45) is 0. The molecule has 0 atom stereocenters. The van der Waals surface area contributed by atoms with Crippen molar-refractivity contribution in [1.29, 1.82) is 0 Å². The van der Waals surface area contributed by atoms with Gasteiger partial charge in [-0.05, 0) is 95.2 Å². The van der Waals surface area contributed by atoms with E-state index >= 15 is 0 Å². The minimum Gasteiger partial charge on any atom is -0.135 e. The topological polar surface area (TPSA) is 0 Å². The molecule has 1 heteroatoms. The summed E-state index contributed by atoms with van der Waals surface area (Å²) >= 11 is 1.90. The SMILES string of the molecule is c1ccc2cc(-c3ccc(-c4cc5c6ccccc6c(-c6cccc7c6sc6ccccc67)cc5c5ccccc45)cc3)ccc2c1. The van der Waals surface area contributed by atoms with Gasteiger partial charge in [-0.1, -0.05) is 146 Å². The van der Waals surface area contributed by atoms with Crippen molar-refractivity contribution in [2.75, 3.05) is 0 Å². The van der Waals surface area contributed by atoms with Crippen molar-refractivity contribution in [3.63, 3.8) is 0 Å². The first-order chi connectivity index (χ1) is 23.3. The summed E-state index contributed by atoms with van der Waals surface area (Å²) in [7, 11) is 0. The molecule has 0 radical (unpaired) electrons. The normalized spacial score (nSPS) is 11.8. The van der Waals surface area contributed by atoms with Crippen molar-refractivity contribution in [2.24, 2.45) is 0 Å². The molecule has 0 spiro atoms. The molecule has 0 nitrogen and oxygen atoms in total. The monoisotopic (exact) mass is 612 g/mol. The van der Waals surface area contributed by atoms with Crippen molar-refractivity contribution in [1.82, 2.24) is 0 Å². The maximum absolute atomic E-state index is 2.45. The Morgan fingerprint density at radius 1 is 0.277 bits per heavy atom.